The molecule has 1 aromatic heterocycles. The number of para-hydroxylation sites is 2. The lowest BCUT2D eigenvalue weighted by atomic mass is 10.1. The third-order valence-electron chi connectivity index (χ3n) is 5.65. The molecular weight excluding hydrogens is 408 g/mol. The number of nitrogens with zero attached hydrogens (tertiary/aromatic N) is 4. The molecule has 166 valence electrons. The Bertz CT molecular complexity index is 1120. The Morgan fingerprint density at radius 1 is 1.03 bits per heavy atom. The fraction of sp³-hybridized carbons (Fsp3) is 0.292. The molecule has 1 N–H and O–H groups in total. The summed E-state index contributed by atoms with van der Waals surface area (Å²) in [5, 5.41) is 14.4. The van der Waals surface area contributed by atoms with Crippen molar-refractivity contribution in [3.05, 3.63) is 71.5 Å². The zero-order valence-electron chi connectivity index (χ0n) is 18.2. The van der Waals surface area contributed by atoms with E-state index in [0.29, 0.717) is 49.6 Å². The van der Waals surface area contributed by atoms with Crippen molar-refractivity contribution in [2.24, 2.45) is 0 Å². The van der Waals surface area contributed by atoms with Crippen molar-refractivity contribution in [3.63, 3.8) is 0 Å². The van der Waals surface area contributed by atoms with E-state index in [1.165, 1.54) is 6.20 Å². The van der Waals surface area contributed by atoms with Crippen LogP contribution < -0.4 is 4.90 Å². The summed E-state index contributed by atoms with van der Waals surface area (Å²) >= 11 is 0. The number of ether oxygens (including phenoxy) is 1. The maximum absolute atomic E-state index is 13.0. The molecule has 1 fully saturated rings. The number of anilines is 1. The highest BCUT2D eigenvalue weighted by Crippen LogP contribution is 2.27. The van der Waals surface area contributed by atoms with E-state index in [-0.39, 0.29) is 11.7 Å². The number of phenols is 1. The third-order valence-corrected chi connectivity index (χ3v) is 5.65. The summed E-state index contributed by atoms with van der Waals surface area (Å²) in [6, 6.07) is 14.4. The molecular formula is C24H26N4O4. The van der Waals surface area contributed by atoms with Crippen molar-refractivity contribution in [2.75, 3.05) is 37.7 Å². The SMILES string of the molecule is CCOC(=O)c1cnn(-c2ccc(C(=O)N3CCN(c4ccccc4O)CC3)cc2)c1C. The summed E-state index contributed by atoms with van der Waals surface area (Å²) in [6.07, 6.45) is 1.50. The highest BCUT2D eigenvalue weighted by Gasteiger charge is 2.23. The summed E-state index contributed by atoms with van der Waals surface area (Å²) in [5.41, 5.74) is 3.26. The first-order valence-corrected chi connectivity index (χ1v) is 10.6. The fourth-order valence-corrected chi connectivity index (χ4v) is 3.89. The molecule has 1 aliphatic heterocycles. The van der Waals surface area contributed by atoms with E-state index in [4.69, 9.17) is 4.74 Å². The predicted octanol–water partition coefficient (Wildman–Crippen LogP) is 3.03. The molecule has 0 unspecified atom stereocenters. The van der Waals surface area contributed by atoms with Crippen LogP contribution in [0.4, 0.5) is 5.69 Å². The van der Waals surface area contributed by atoms with Gasteiger partial charge in [0, 0.05) is 31.7 Å². The molecule has 4 rings (SSSR count). The fourth-order valence-electron chi connectivity index (χ4n) is 3.89. The number of carbonyl (C=O) groups is 2. The molecule has 2 aromatic carbocycles. The van der Waals surface area contributed by atoms with E-state index in [9.17, 15) is 14.7 Å². The number of aromatic hydroxyl groups is 1. The van der Waals surface area contributed by atoms with Crippen molar-refractivity contribution in [2.45, 2.75) is 13.8 Å². The average molecular weight is 434 g/mol. The van der Waals surface area contributed by atoms with Crippen molar-refractivity contribution in [1.29, 1.82) is 0 Å². The van der Waals surface area contributed by atoms with Gasteiger partial charge in [-0.25, -0.2) is 9.48 Å². The van der Waals surface area contributed by atoms with Crippen LogP contribution in [0.5, 0.6) is 5.75 Å². The van der Waals surface area contributed by atoms with Gasteiger partial charge in [-0.1, -0.05) is 12.1 Å². The number of benzene rings is 2. The monoisotopic (exact) mass is 434 g/mol. The van der Waals surface area contributed by atoms with E-state index in [2.05, 4.69) is 10.00 Å². The number of hydrogen-bond acceptors (Lipinski definition) is 6. The van der Waals surface area contributed by atoms with Crippen LogP contribution in [0, 0.1) is 6.92 Å². The minimum absolute atomic E-state index is 0.0297. The standard InChI is InChI=1S/C24H26N4O4/c1-3-32-24(31)20-16-25-28(17(20)2)19-10-8-18(9-11-19)23(30)27-14-12-26(13-15-27)21-6-4-5-7-22(21)29/h4-11,16,29H,3,12-15H2,1-2H3. The molecule has 1 saturated heterocycles. The zero-order chi connectivity index (χ0) is 22.7. The third kappa shape index (κ3) is 4.16. The van der Waals surface area contributed by atoms with Crippen LogP contribution in [0.15, 0.2) is 54.7 Å². The lowest BCUT2D eigenvalue weighted by molar-refractivity contribution is 0.0525. The highest BCUT2D eigenvalue weighted by molar-refractivity contribution is 5.94. The number of amides is 1. The molecule has 0 aliphatic carbocycles. The van der Waals surface area contributed by atoms with Gasteiger partial charge in [-0.3, -0.25) is 4.79 Å². The van der Waals surface area contributed by atoms with Gasteiger partial charge in [0.25, 0.3) is 5.91 Å². The summed E-state index contributed by atoms with van der Waals surface area (Å²) in [7, 11) is 0. The molecule has 3 aromatic rings. The van der Waals surface area contributed by atoms with Gasteiger partial charge in [-0.05, 0) is 50.2 Å². The molecule has 0 spiro atoms. The molecule has 2 heterocycles. The van der Waals surface area contributed by atoms with E-state index in [1.54, 1.807) is 35.9 Å². The van der Waals surface area contributed by atoms with Gasteiger partial charge >= 0.3 is 5.97 Å². The van der Waals surface area contributed by atoms with Gasteiger partial charge in [0.05, 0.1) is 29.9 Å². The minimum Gasteiger partial charge on any atom is -0.506 e. The smallest absolute Gasteiger partial charge is 0.341 e. The van der Waals surface area contributed by atoms with Crippen molar-refractivity contribution >= 4 is 17.6 Å². The van der Waals surface area contributed by atoms with E-state index in [0.717, 1.165) is 11.4 Å². The Hall–Kier alpha value is -3.81. The largest absolute Gasteiger partial charge is 0.506 e. The predicted molar refractivity (Wildman–Crippen MR) is 120 cm³/mol. The topological polar surface area (TPSA) is 87.9 Å². The van der Waals surface area contributed by atoms with E-state index >= 15 is 0 Å². The van der Waals surface area contributed by atoms with Crippen LogP contribution >= 0.6 is 0 Å². The molecule has 1 amide bonds. The second-order valence-electron chi connectivity index (χ2n) is 7.59. The second kappa shape index (κ2) is 9.13. The van der Waals surface area contributed by atoms with Gasteiger partial charge in [-0.15, -0.1) is 0 Å². The Labute approximate surface area is 186 Å². The molecule has 8 heteroatoms. The molecule has 0 radical (unpaired) electrons. The first-order chi connectivity index (χ1) is 15.5. The van der Waals surface area contributed by atoms with Gasteiger partial charge in [0.2, 0.25) is 0 Å². The Morgan fingerprint density at radius 3 is 2.38 bits per heavy atom. The highest BCUT2D eigenvalue weighted by atomic mass is 16.5. The maximum Gasteiger partial charge on any atom is 0.341 e. The number of esters is 1. The number of phenolic OH excluding ortho intramolecular Hbond substituents is 1. The van der Waals surface area contributed by atoms with Crippen molar-refractivity contribution in [1.82, 2.24) is 14.7 Å². The number of aromatic nitrogens is 2. The van der Waals surface area contributed by atoms with Crippen LogP contribution in [-0.4, -0.2) is 64.4 Å². The first kappa shape index (κ1) is 21.4. The number of piperazine rings is 1. The van der Waals surface area contributed by atoms with Gasteiger partial charge in [0.15, 0.2) is 0 Å². The Morgan fingerprint density at radius 2 is 1.72 bits per heavy atom. The Kier molecular flexibility index (Phi) is 6.11. The lowest BCUT2D eigenvalue weighted by Gasteiger charge is -2.36. The van der Waals surface area contributed by atoms with E-state index < -0.39 is 5.97 Å². The zero-order valence-corrected chi connectivity index (χ0v) is 18.2. The lowest BCUT2D eigenvalue weighted by Crippen LogP contribution is -2.48. The average Bonchev–Trinajstić information content (AvgIpc) is 3.21. The quantitative estimate of drug-likeness (QED) is 0.621. The van der Waals surface area contributed by atoms with Gasteiger partial charge < -0.3 is 19.6 Å². The van der Waals surface area contributed by atoms with E-state index in [1.807, 2.05) is 36.1 Å². The molecule has 32 heavy (non-hydrogen) atoms. The Balaban J connectivity index is 1.42. The van der Waals surface area contributed by atoms with Crippen LogP contribution in [0.2, 0.25) is 0 Å². The molecule has 1 aliphatic rings. The summed E-state index contributed by atoms with van der Waals surface area (Å²) in [5.74, 6) is -0.174. The van der Waals surface area contributed by atoms with Crippen LogP contribution in [0.3, 0.4) is 0 Å². The summed E-state index contributed by atoms with van der Waals surface area (Å²) in [6.45, 7) is 6.35. The number of rotatable bonds is 5. The van der Waals surface area contributed by atoms with Crippen molar-refractivity contribution < 1.29 is 19.4 Å². The first-order valence-electron chi connectivity index (χ1n) is 10.6. The molecule has 0 atom stereocenters. The second-order valence-corrected chi connectivity index (χ2v) is 7.59. The number of hydrogen-bond donors (Lipinski definition) is 1. The van der Waals surface area contributed by atoms with Crippen LogP contribution in [0.1, 0.15) is 33.3 Å². The van der Waals surface area contributed by atoms with Gasteiger partial charge in [0.1, 0.15) is 11.3 Å². The molecule has 0 saturated carbocycles. The van der Waals surface area contributed by atoms with Crippen LogP contribution in [-0.2, 0) is 4.74 Å². The minimum atomic E-state index is -0.397. The van der Waals surface area contributed by atoms with Crippen LogP contribution in [0.25, 0.3) is 5.69 Å². The normalized spacial score (nSPS) is 13.8. The summed E-state index contributed by atoms with van der Waals surface area (Å²) < 4.78 is 6.72. The number of carbonyl (C=O) groups excluding carboxylic acids is 2. The van der Waals surface area contributed by atoms with Crippen molar-refractivity contribution in [3.8, 4) is 11.4 Å². The molecule has 0 bridgehead atoms. The summed E-state index contributed by atoms with van der Waals surface area (Å²) in [4.78, 5) is 28.9. The molecule has 8 nitrogen and oxygen atoms in total. The van der Waals surface area contributed by atoms with Gasteiger partial charge in [-0.2, -0.15) is 5.10 Å². The maximum atomic E-state index is 13.0.